The van der Waals surface area contributed by atoms with Gasteiger partial charge in [-0.1, -0.05) is 47.1 Å². The predicted molar refractivity (Wildman–Crippen MR) is 154 cm³/mol. The molecule has 7 heteroatoms. The predicted octanol–water partition coefficient (Wildman–Crippen LogP) is 6.83. The molecule has 0 unspecified atom stereocenters. The van der Waals surface area contributed by atoms with Crippen molar-refractivity contribution in [2.24, 2.45) is 50.2 Å². The average molecular weight is 571 g/mol. The molecule has 4 saturated carbocycles. The summed E-state index contributed by atoms with van der Waals surface area (Å²) in [6, 6.07) is 0. The van der Waals surface area contributed by atoms with Crippen LogP contribution in [-0.2, 0) is 23.9 Å². The molecule has 0 aliphatic heterocycles. The highest BCUT2D eigenvalue weighted by molar-refractivity contribution is 5.95. The van der Waals surface area contributed by atoms with Crippen molar-refractivity contribution in [1.29, 1.82) is 0 Å². The Bertz CT molecular complexity index is 1200. The van der Waals surface area contributed by atoms with Crippen molar-refractivity contribution in [3.8, 4) is 0 Å². The van der Waals surface area contributed by atoms with Crippen LogP contribution in [0.3, 0.4) is 0 Å². The molecule has 228 valence electrons. The van der Waals surface area contributed by atoms with Crippen LogP contribution < -0.4 is 0 Å². The van der Waals surface area contributed by atoms with Crippen LogP contribution in [-0.4, -0.2) is 40.0 Å². The van der Waals surface area contributed by atoms with E-state index in [1.165, 1.54) is 5.57 Å². The maximum Gasteiger partial charge on any atom is 0.309 e. The van der Waals surface area contributed by atoms with Crippen molar-refractivity contribution in [2.45, 2.75) is 125 Å². The average Bonchev–Trinajstić information content (AvgIpc) is 2.86. The molecule has 0 spiro atoms. The molecule has 0 heterocycles. The Hall–Kier alpha value is -2.18. The van der Waals surface area contributed by atoms with E-state index in [-0.39, 0.29) is 69.6 Å². The molecule has 41 heavy (non-hydrogen) atoms. The number of ketones is 1. The number of carbonyl (C=O) groups excluding carboxylic acids is 2. The van der Waals surface area contributed by atoms with Crippen LogP contribution in [0, 0.1) is 50.2 Å². The number of hydrogen-bond donors (Lipinski definition) is 2. The summed E-state index contributed by atoms with van der Waals surface area (Å²) in [5, 5.41) is 19.1. The summed E-state index contributed by atoms with van der Waals surface area (Å²) < 4.78 is 5.91. The lowest BCUT2D eigenvalue weighted by Gasteiger charge is -2.70. The number of carboxylic acid groups (broad SMARTS) is 2. The lowest BCUT2D eigenvalue weighted by atomic mass is 9.33. The number of carbonyl (C=O) groups is 4. The Kier molecular flexibility index (Phi) is 6.95. The van der Waals surface area contributed by atoms with E-state index in [0.717, 1.165) is 38.5 Å². The van der Waals surface area contributed by atoms with Crippen molar-refractivity contribution in [1.82, 2.24) is 0 Å². The monoisotopic (exact) mass is 570 g/mol. The first kappa shape index (κ1) is 30.3. The number of aliphatic carboxylic acids is 2. The third-order valence-electron chi connectivity index (χ3n) is 13.8. The van der Waals surface area contributed by atoms with E-state index in [2.05, 4.69) is 41.5 Å². The molecule has 5 aliphatic carbocycles. The quantitative estimate of drug-likeness (QED) is 0.348. The van der Waals surface area contributed by atoms with Gasteiger partial charge in [0.05, 0.1) is 18.3 Å². The largest absolute Gasteiger partial charge is 0.481 e. The fourth-order valence-corrected chi connectivity index (χ4v) is 11.0. The second-order valence-corrected chi connectivity index (χ2v) is 16.3. The van der Waals surface area contributed by atoms with Gasteiger partial charge in [0.15, 0.2) is 5.78 Å². The molecule has 5 rings (SSSR count). The molecule has 0 saturated heterocycles. The normalized spacial score (nSPS) is 46.6. The van der Waals surface area contributed by atoms with Gasteiger partial charge in [-0.05, 0) is 104 Å². The number of fused-ring (bicyclic) bond motifs is 7. The fraction of sp³-hybridized carbons (Fsp3) is 0.824. The maximum absolute atomic E-state index is 14.5. The highest BCUT2D eigenvalue weighted by Crippen LogP contribution is 2.75. The Morgan fingerprint density at radius 2 is 1.54 bits per heavy atom. The minimum Gasteiger partial charge on any atom is -0.481 e. The molecular weight excluding hydrogens is 520 g/mol. The molecule has 0 aromatic carbocycles. The van der Waals surface area contributed by atoms with Gasteiger partial charge in [0.2, 0.25) is 0 Å². The number of allylic oxidation sites excluding steroid dienone is 2. The zero-order valence-corrected chi connectivity index (χ0v) is 26.1. The molecule has 0 aromatic heterocycles. The number of carboxylic acids is 2. The number of esters is 1. The van der Waals surface area contributed by atoms with E-state index in [4.69, 9.17) is 9.84 Å². The molecular formula is C34H50O7. The Morgan fingerprint density at radius 1 is 0.878 bits per heavy atom. The van der Waals surface area contributed by atoms with Crippen molar-refractivity contribution in [2.75, 3.05) is 0 Å². The molecule has 2 N–H and O–H groups in total. The number of rotatable bonds is 5. The summed E-state index contributed by atoms with van der Waals surface area (Å²) in [5.41, 5.74) is -0.553. The van der Waals surface area contributed by atoms with Gasteiger partial charge in [0, 0.05) is 11.3 Å². The van der Waals surface area contributed by atoms with Crippen LogP contribution in [0.15, 0.2) is 11.6 Å². The highest BCUT2D eigenvalue weighted by atomic mass is 16.5. The van der Waals surface area contributed by atoms with Gasteiger partial charge in [0.25, 0.3) is 0 Å². The van der Waals surface area contributed by atoms with Crippen molar-refractivity contribution < 1.29 is 34.1 Å². The van der Waals surface area contributed by atoms with Crippen LogP contribution in [0.5, 0.6) is 0 Å². The molecule has 0 amide bonds. The molecule has 0 aromatic rings. The molecule has 0 radical (unpaired) electrons. The number of ether oxygens (including phenoxy) is 1. The molecule has 5 aliphatic rings. The molecule has 0 bridgehead atoms. The van der Waals surface area contributed by atoms with Crippen molar-refractivity contribution in [3.05, 3.63) is 11.6 Å². The summed E-state index contributed by atoms with van der Waals surface area (Å²) in [6.07, 6.45) is 8.80. The summed E-state index contributed by atoms with van der Waals surface area (Å²) in [4.78, 5) is 50.3. The second-order valence-electron chi connectivity index (χ2n) is 16.3. The van der Waals surface area contributed by atoms with Gasteiger partial charge in [0.1, 0.15) is 6.10 Å². The van der Waals surface area contributed by atoms with E-state index in [1.807, 2.05) is 13.0 Å². The van der Waals surface area contributed by atoms with Crippen LogP contribution in [0.25, 0.3) is 0 Å². The van der Waals surface area contributed by atoms with Crippen LogP contribution >= 0.6 is 0 Å². The van der Waals surface area contributed by atoms with Crippen molar-refractivity contribution >= 4 is 23.7 Å². The third-order valence-corrected chi connectivity index (χ3v) is 13.8. The van der Waals surface area contributed by atoms with E-state index >= 15 is 0 Å². The Morgan fingerprint density at radius 3 is 2.17 bits per heavy atom. The number of hydrogen-bond acceptors (Lipinski definition) is 5. The maximum atomic E-state index is 14.5. The summed E-state index contributed by atoms with van der Waals surface area (Å²) >= 11 is 0. The summed E-state index contributed by atoms with van der Waals surface area (Å²) in [7, 11) is 0. The smallest absolute Gasteiger partial charge is 0.309 e. The summed E-state index contributed by atoms with van der Waals surface area (Å²) in [5.74, 6) is -1.87. The summed E-state index contributed by atoms with van der Waals surface area (Å²) in [6.45, 7) is 15.5. The van der Waals surface area contributed by atoms with Gasteiger partial charge in [-0.3, -0.25) is 19.2 Å². The topological polar surface area (TPSA) is 118 Å². The van der Waals surface area contributed by atoms with Gasteiger partial charge in [-0.25, -0.2) is 0 Å². The first-order valence-electron chi connectivity index (χ1n) is 15.7. The van der Waals surface area contributed by atoms with E-state index in [0.29, 0.717) is 19.3 Å². The van der Waals surface area contributed by atoms with E-state index < -0.39 is 23.3 Å². The minimum atomic E-state index is -1.01. The zero-order valence-electron chi connectivity index (χ0n) is 26.1. The SMILES string of the molecule is CC1(C)[C@@H](OC(=O)CCC(=O)O)CC[C@@]2(C)[C@@H]1CC[C@]1(C)[C@@H]2C(=O)C=C2[C@@H]3C[C@](C)(C(=O)O)CC[C@]3(C)CC[C@]21C. The standard InChI is InChI=1S/C34H50O7/c1-29(2)23-10-13-34(7)27(32(23,5)12-11-24(29)41-26(38)9-8-25(36)37)22(35)18-20-21-19-31(4,28(39)40)15-14-30(21,3)16-17-33(20,34)6/h18,21,23-24,27H,8-17,19H2,1-7H3,(H,36,37)(H,39,40)/t21-,23+,24-,27+,30+,31+,32-,33+,34+/m0/s1. The molecule has 9 atom stereocenters. The van der Waals surface area contributed by atoms with Crippen LogP contribution in [0.4, 0.5) is 0 Å². The van der Waals surface area contributed by atoms with Gasteiger partial charge in [-0.15, -0.1) is 0 Å². The highest BCUT2D eigenvalue weighted by Gasteiger charge is 2.70. The Labute approximate surface area is 244 Å². The lowest BCUT2D eigenvalue weighted by Crippen LogP contribution is -2.66. The fourth-order valence-electron chi connectivity index (χ4n) is 11.0. The first-order valence-corrected chi connectivity index (χ1v) is 15.7. The van der Waals surface area contributed by atoms with Crippen LogP contribution in [0.1, 0.15) is 119 Å². The van der Waals surface area contributed by atoms with Crippen LogP contribution in [0.2, 0.25) is 0 Å². The van der Waals surface area contributed by atoms with Gasteiger partial charge in [-0.2, -0.15) is 0 Å². The zero-order chi connectivity index (χ0) is 30.4. The van der Waals surface area contributed by atoms with Crippen molar-refractivity contribution in [3.63, 3.8) is 0 Å². The minimum absolute atomic E-state index is 0.0233. The molecule has 7 nitrogen and oxygen atoms in total. The van der Waals surface area contributed by atoms with Gasteiger partial charge >= 0.3 is 17.9 Å². The first-order chi connectivity index (χ1) is 18.8. The van der Waals surface area contributed by atoms with Gasteiger partial charge < -0.3 is 14.9 Å². The van der Waals surface area contributed by atoms with E-state index in [1.54, 1.807) is 0 Å². The molecule has 4 fully saturated rings. The second kappa shape index (κ2) is 9.41. The third kappa shape index (κ3) is 4.25. The van der Waals surface area contributed by atoms with E-state index in [9.17, 15) is 24.3 Å². The Balaban J connectivity index is 1.49. The lowest BCUT2D eigenvalue weighted by molar-refractivity contribution is -0.211.